The Balaban J connectivity index is 2.64. The Hall–Kier alpha value is -2.28. The van der Waals surface area contributed by atoms with Gasteiger partial charge in [0, 0.05) is 11.5 Å². The van der Waals surface area contributed by atoms with E-state index in [0.29, 0.717) is 12.2 Å². The van der Waals surface area contributed by atoms with Crippen molar-refractivity contribution in [1.82, 2.24) is 0 Å². The van der Waals surface area contributed by atoms with Crippen molar-refractivity contribution in [3.63, 3.8) is 0 Å². The number of benzene rings is 1. The molecule has 0 aliphatic rings. The summed E-state index contributed by atoms with van der Waals surface area (Å²) in [6, 6.07) is 7.03. The minimum Gasteiger partial charge on any atom is -0.466 e. The van der Waals surface area contributed by atoms with Crippen molar-refractivity contribution in [1.29, 1.82) is 0 Å². The first kappa shape index (κ1) is 13.8. The second-order valence-corrected chi connectivity index (χ2v) is 3.42. The molecule has 94 valence electrons. The first-order chi connectivity index (χ1) is 8.65. The maximum atomic E-state index is 11.2. The van der Waals surface area contributed by atoms with E-state index in [1.54, 1.807) is 31.2 Å². The first-order valence-corrected chi connectivity index (χ1v) is 5.50. The quantitative estimate of drug-likeness (QED) is 0.596. The van der Waals surface area contributed by atoms with Crippen LogP contribution in [0.3, 0.4) is 0 Å². The summed E-state index contributed by atoms with van der Waals surface area (Å²) in [4.78, 5) is 22.1. The van der Waals surface area contributed by atoms with Gasteiger partial charge in [0.05, 0.1) is 20.1 Å². The van der Waals surface area contributed by atoms with Crippen LogP contribution < -0.4 is 0 Å². The third-order valence-electron chi connectivity index (χ3n) is 2.10. The van der Waals surface area contributed by atoms with Gasteiger partial charge >= 0.3 is 11.9 Å². The Morgan fingerprint density at radius 2 is 1.89 bits per heavy atom. The molecule has 0 atom stereocenters. The fourth-order valence-corrected chi connectivity index (χ4v) is 1.26. The van der Waals surface area contributed by atoms with Gasteiger partial charge in [-0.2, -0.15) is 0 Å². The number of methoxy groups -OCH3 is 1. The van der Waals surface area contributed by atoms with Crippen molar-refractivity contribution in [2.45, 2.75) is 13.3 Å². The lowest BCUT2D eigenvalue weighted by Crippen LogP contribution is -2.07. The Kier molecular flexibility index (Phi) is 5.46. The van der Waals surface area contributed by atoms with Crippen LogP contribution in [0.1, 0.15) is 18.1 Å². The van der Waals surface area contributed by atoms with E-state index >= 15 is 0 Å². The molecule has 4 nitrogen and oxygen atoms in total. The second kappa shape index (κ2) is 7.13. The fourth-order valence-electron chi connectivity index (χ4n) is 1.26. The zero-order valence-corrected chi connectivity index (χ0v) is 10.4. The molecule has 0 unspecified atom stereocenters. The van der Waals surface area contributed by atoms with Crippen molar-refractivity contribution < 1.29 is 19.1 Å². The van der Waals surface area contributed by atoms with Gasteiger partial charge in [0.15, 0.2) is 0 Å². The number of hydrogen-bond acceptors (Lipinski definition) is 4. The van der Waals surface area contributed by atoms with E-state index in [9.17, 15) is 9.59 Å². The molecule has 0 spiro atoms. The van der Waals surface area contributed by atoms with Crippen molar-refractivity contribution >= 4 is 11.9 Å². The van der Waals surface area contributed by atoms with E-state index in [2.05, 4.69) is 16.6 Å². The minimum atomic E-state index is -0.578. The monoisotopic (exact) mass is 246 g/mol. The molecule has 0 amide bonds. The summed E-state index contributed by atoms with van der Waals surface area (Å²) < 4.78 is 9.24. The van der Waals surface area contributed by atoms with Gasteiger partial charge in [-0.15, -0.1) is 0 Å². The normalized spacial score (nSPS) is 9.00. The van der Waals surface area contributed by atoms with E-state index in [1.807, 2.05) is 0 Å². The van der Waals surface area contributed by atoms with Gasteiger partial charge in [-0.25, -0.2) is 4.79 Å². The van der Waals surface area contributed by atoms with Gasteiger partial charge in [-0.3, -0.25) is 4.79 Å². The van der Waals surface area contributed by atoms with Crippen LogP contribution >= 0.6 is 0 Å². The third kappa shape index (κ3) is 4.71. The molecule has 0 aliphatic heterocycles. The van der Waals surface area contributed by atoms with Crippen LogP contribution in [-0.2, 0) is 25.5 Å². The third-order valence-corrected chi connectivity index (χ3v) is 2.10. The first-order valence-electron chi connectivity index (χ1n) is 5.50. The summed E-state index contributed by atoms with van der Waals surface area (Å²) in [7, 11) is 1.28. The standard InChI is InChI=1S/C14H14O4/c1-3-18-14(16)10-12-6-4-11(5-7-12)8-9-13(15)17-2/h4-7H,3,10H2,1-2H3. The van der Waals surface area contributed by atoms with E-state index in [-0.39, 0.29) is 12.4 Å². The van der Waals surface area contributed by atoms with Gasteiger partial charge in [0.1, 0.15) is 0 Å². The largest absolute Gasteiger partial charge is 0.466 e. The highest BCUT2D eigenvalue weighted by Gasteiger charge is 2.03. The van der Waals surface area contributed by atoms with Crippen molar-refractivity contribution in [3.8, 4) is 11.8 Å². The lowest BCUT2D eigenvalue weighted by molar-refractivity contribution is -0.142. The van der Waals surface area contributed by atoms with Gasteiger partial charge < -0.3 is 9.47 Å². The van der Waals surface area contributed by atoms with Crippen molar-refractivity contribution in [3.05, 3.63) is 35.4 Å². The van der Waals surface area contributed by atoms with E-state index < -0.39 is 5.97 Å². The Morgan fingerprint density at radius 3 is 2.44 bits per heavy atom. The topological polar surface area (TPSA) is 52.6 Å². The van der Waals surface area contributed by atoms with E-state index in [4.69, 9.17) is 4.74 Å². The summed E-state index contributed by atoms with van der Waals surface area (Å²) >= 11 is 0. The number of hydrogen-bond donors (Lipinski definition) is 0. The van der Waals surface area contributed by atoms with Crippen LogP contribution in [0.4, 0.5) is 0 Å². The van der Waals surface area contributed by atoms with Crippen molar-refractivity contribution in [2.24, 2.45) is 0 Å². The minimum absolute atomic E-state index is 0.235. The number of esters is 2. The average Bonchev–Trinajstić information content (AvgIpc) is 2.37. The maximum absolute atomic E-state index is 11.2. The zero-order valence-electron chi connectivity index (χ0n) is 10.4. The summed E-state index contributed by atoms with van der Waals surface area (Å²) in [6.45, 7) is 2.14. The molecule has 0 aromatic heterocycles. The number of rotatable bonds is 3. The predicted molar refractivity (Wildman–Crippen MR) is 65.7 cm³/mol. The van der Waals surface area contributed by atoms with Crippen LogP contribution in [0.5, 0.6) is 0 Å². The SMILES string of the molecule is CCOC(=O)Cc1ccc(C#CC(=O)OC)cc1. The molecule has 0 heterocycles. The number of carbonyl (C=O) groups is 2. The summed E-state index contributed by atoms with van der Waals surface area (Å²) in [5.74, 6) is 4.15. The van der Waals surface area contributed by atoms with Gasteiger partial charge in [-0.05, 0) is 24.6 Å². The molecule has 0 N–H and O–H groups in total. The van der Waals surface area contributed by atoms with Crippen molar-refractivity contribution in [2.75, 3.05) is 13.7 Å². The zero-order chi connectivity index (χ0) is 13.4. The molecular weight excluding hydrogens is 232 g/mol. The fraction of sp³-hybridized carbons (Fsp3) is 0.286. The van der Waals surface area contributed by atoms with Crippen LogP contribution in [0, 0.1) is 11.8 Å². The Morgan fingerprint density at radius 1 is 1.22 bits per heavy atom. The molecule has 18 heavy (non-hydrogen) atoms. The summed E-state index contributed by atoms with van der Waals surface area (Å²) in [6.07, 6.45) is 0.235. The second-order valence-electron chi connectivity index (χ2n) is 3.42. The lowest BCUT2D eigenvalue weighted by atomic mass is 10.1. The molecule has 4 heteroatoms. The highest BCUT2D eigenvalue weighted by Crippen LogP contribution is 2.05. The predicted octanol–water partition coefficient (Wildman–Crippen LogP) is 1.32. The maximum Gasteiger partial charge on any atom is 0.384 e. The average molecular weight is 246 g/mol. The Bertz CT molecular complexity index is 477. The van der Waals surface area contributed by atoms with Crippen LogP contribution in [0.15, 0.2) is 24.3 Å². The lowest BCUT2D eigenvalue weighted by Gasteiger charge is -2.01. The highest BCUT2D eigenvalue weighted by atomic mass is 16.5. The van der Waals surface area contributed by atoms with E-state index in [0.717, 1.165) is 5.56 Å². The summed E-state index contributed by atoms with van der Waals surface area (Å²) in [5.41, 5.74) is 1.53. The molecule has 0 aliphatic carbocycles. The smallest absolute Gasteiger partial charge is 0.384 e. The van der Waals surface area contributed by atoms with Crippen LogP contribution in [0.25, 0.3) is 0 Å². The molecule has 1 aromatic carbocycles. The molecular formula is C14H14O4. The van der Waals surface area contributed by atoms with E-state index in [1.165, 1.54) is 7.11 Å². The van der Waals surface area contributed by atoms with Gasteiger partial charge in [0.25, 0.3) is 0 Å². The molecule has 0 saturated heterocycles. The molecule has 0 saturated carbocycles. The molecule has 1 rings (SSSR count). The molecule has 0 radical (unpaired) electrons. The molecule has 1 aromatic rings. The van der Waals surface area contributed by atoms with Gasteiger partial charge in [-0.1, -0.05) is 18.1 Å². The highest BCUT2D eigenvalue weighted by molar-refractivity contribution is 5.89. The van der Waals surface area contributed by atoms with Crippen LogP contribution in [0.2, 0.25) is 0 Å². The number of ether oxygens (including phenoxy) is 2. The number of carbonyl (C=O) groups excluding carboxylic acids is 2. The van der Waals surface area contributed by atoms with Crippen LogP contribution in [-0.4, -0.2) is 25.7 Å². The van der Waals surface area contributed by atoms with Gasteiger partial charge in [0.2, 0.25) is 0 Å². The summed E-state index contributed by atoms with van der Waals surface area (Å²) in [5, 5.41) is 0. The Labute approximate surface area is 106 Å². The molecule has 0 bridgehead atoms. The molecule has 0 fully saturated rings.